The SMILES string of the molecule is CN1CCCc2cc(C(=O)C3CCCC(=O)C3)ccc21. The molecule has 0 aromatic heterocycles. The summed E-state index contributed by atoms with van der Waals surface area (Å²) in [6.07, 6.45) is 5.01. The maximum Gasteiger partial charge on any atom is 0.166 e. The highest BCUT2D eigenvalue weighted by Crippen LogP contribution is 2.30. The molecule has 1 aliphatic carbocycles. The van der Waals surface area contributed by atoms with E-state index in [1.165, 1.54) is 11.3 Å². The number of anilines is 1. The molecule has 0 N–H and O–H groups in total. The highest BCUT2D eigenvalue weighted by atomic mass is 16.1. The van der Waals surface area contributed by atoms with Crippen molar-refractivity contribution in [3.8, 4) is 0 Å². The van der Waals surface area contributed by atoms with Crippen LogP contribution in [0.5, 0.6) is 0 Å². The second-order valence-corrected chi connectivity index (χ2v) is 6.06. The van der Waals surface area contributed by atoms with Gasteiger partial charge in [0, 0.05) is 43.6 Å². The average molecular weight is 271 g/mol. The minimum atomic E-state index is -0.0874. The average Bonchev–Trinajstić information content (AvgIpc) is 2.46. The Morgan fingerprint density at radius 2 is 2.10 bits per heavy atom. The third-order valence-electron chi connectivity index (χ3n) is 4.57. The Hall–Kier alpha value is -1.64. The number of carbonyl (C=O) groups excluding carboxylic acids is 2. The lowest BCUT2D eigenvalue weighted by molar-refractivity contribution is -0.121. The van der Waals surface area contributed by atoms with Gasteiger partial charge in [0.2, 0.25) is 0 Å². The van der Waals surface area contributed by atoms with E-state index in [0.29, 0.717) is 12.8 Å². The molecule has 0 saturated heterocycles. The van der Waals surface area contributed by atoms with E-state index in [1.54, 1.807) is 0 Å². The van der Waals surface area contributed by atoms with Gasteiger partial charge in [0.05, 0.1) is 0 Å². The van der Waals surface area contributed by atoms with Gasteiger partial charge in [0.15, 0.2) is 5.78 Å². The lowest BCUT2D eigenvalue weighted by Gasteiger charge is -2.28. The van der Waals surface area contributed by atoms with Crippen LogP contribution in [0.4, 0.5) is 5.69 Å². The zero-order valence-corrected chi connectivity index (χ0v) is 12.0. The van der Waals surface area contributed by atoms with Crippen molar-refractivity contribution in [2.24, 2.45) is 5.92 Å². The molecule has 0 spiro atoms. The van der Waals surface area contributed by atoms with Crippen molar-refractivity contribution < 1.29 is 9.59 Å². The van der Waals surface area contributed by atoms with E-state index >= 15 is 0 Å². The molecule has 20 heavy (non-hydrogen) atoms. The molecule has 1 heterocycles. The van der Waals surface area contributed by atoms with Gasteiger partial charge in [-0.3, -0.25) is 9.59 Å². The number of carbonyl (C=O) groups is 2. The molecule has 3 nitrogen and oxygen atoms in total. The lowest BCUT2D eigenvalue weighted by atomic mass is 9.82. The molecule has 3 rings (SSSR count). The summed E-state index contributed by atoms with van der Waals surface area (Å²) in [6, 6.07) is 6.04. The van der Waals surface area contributed by atoms with Gasteiger partial charge in [0.1, 0.15) is 5.78 Å². The molecule has 2 aliphatic rings. The summed E-state index contributed by atoms with van der Waals surface area (Å²) in [4.78, 5) is 26.3. The molecule has 1 unspecified atom stereocenters. The first kappa shape index (κ1) is 13.3. The number of fused-ring (bicyclic) bond motifs is 1. The molecule has 1 aliphatic heterocycles. The van der Waals surface area contributed by atoms with E-state index in [4.69, 9.17) is 0 Å². The first-order valence-electron chi connectivity index (χ1n) is 7.55. The number of aryl methyl sites for hydroxylation is 1. The molecule has 1 aromatic rings. The largest absolute Gasteiger partial charge is 0.374 e. The number of ketones is 2. The van der Waals surface area contributed by atoms with Gasteiger partial charge < -0.3 is 4.90 Å². The van der Waals surface area contributed by atoms with E-state index < -0.39 is 0 Å². The van der Waals surface area contributed by atoms with Crippen molar-refractivity contribution >= 4 is 17.3 Å². The van der Waals surface area contributed by atoms with E-state index in [1.807, 2.05) is 12.1 Å². The molecule has 3 heteroatoms. The third kappa shape index (κ3) is 2.49. The second-order valence-electron chi connectivity index (χ2n) is 6.06. The summed E-state index contributed by atoms with van der Waals surface area (Å²) in [5.74, 6) is 0.317. The Morgan fingerprint density at radius 3 is 2.90 bits per heavy atom. The fourth-order valence-electron chi connectivity index (χ4n) is 3.42. The molecule has 0 bridgehead atoms. The van der Waals surface area contributed by atoms with Gasteiger partial charge in [-0.2, -0.15) is 0 Å². The number of nitrogens with zero attached hydrogens (tertiary/aromatic N) is 1. The molecule has 1 saturated carbocycles. The van der Waals surface area contributed by atoms with Crippen molar-refractivity contribution in [3.05, 3.63) is 29.3 Å². The van der Waals surface area contributed by atoms with E-state index in [9.17, 15) is 9.59 Å². The summed E-state index contributed by atoms with van der Waals surface area (Å²) < 4.78 is 0. The third-order valence-corrected chi connectivity index (χ3v) is 4.57. The molecule has 1 fully saturated rings. The van der Waals surface area contributed by atoms with Crippen molar-refractivity contribution in [2.75, 3.05) is 18.5 Å². The molecular formula is C17H21NO2. The summed E-state index contributed by atoms with van der Waals surface area (Å²) in [5, 5.41) is 0. The topological polar surface area (TPSA) is 37.4 Å². The van der Waals surface area contributed by atoms with Crippen LogP contribution in [0.1, 0.15) is 48.0 Å². The Morgan fingerprint density at radius 1 is 1.25 bits per heavy atom. The minimum Gasteiger partial charge on any atom is -0.374 e. The molecule has 0 amide bonds. The van der Waals surface area contributed by atoms with Crippen LogP contribution in [0.25, 0.3) is 0 Å². The van der Waals surface area contributed by atoms with Crippen LogP contribution >= 0.6 is 0 Å². The smallest absolute Gasteiger partial charge is 0.166 e. The quantitative estimate of drug-likeness (QED) is 0.776. The standard InChI is InChI=1S/C17H21NO2/c1-18-9-3-5-12-10-14(7-8-16(12)18)17(20)13-4-2-6-15(19)11-13/h7-8,10,13H,2-6,9,11H2,1H3. The zero-order valence-electron chi connectivity index (χ0n) is 12.0. The normalized spacial score (nSPS) is 22.6. The van der Waals surface area contributed by atoms with Crippen molar-refractivity contribution in [3.63, 3.8) is 0 Å². The number of Topliss-reactive ketones (excluding diaryl/α,β-unsaturated/α-hetero) is 2. The van der Waals surface area contributed by atoms with Gasteiger partial charge in [-0.15, -0.1) is 0 Å². The van der Waals surface area contributed by atoms with Gasteiger partial charge in [0.25, 0.3) is 0 Å². The van der Waals surface area contributed by atoms with E-state index in [0.717, 1.165) is 37.8 Å². The predicted molar refractivity (Wildman–Crippen MR) is 79.3 cm³/mol. The van der Waals surface area contributed by atoms with Crippen LogP contribution in [0, 0.1) is 5.92 Å². The molecular weight excluding hydrogens is 250 g/mol. The summed E-state index contributed by atoms with van der Waals surface area (Å²) in [6.45, 7) is 1.08. The maximum atomic E-state index is 12.5. The van der Waals surface area contributed by atoms with Gasteiger partial charge in [-0.25, -0.2) is 0 Å². The molecule has 0 radical (unpaired) electrons. The Kier molecular flexibility index (Phi) is 3.60. The summed E-state index contributed by atoms with van der Waals surface area (Å²) >= 11 is 0. The van der Waals surface area contributed by atoms with Crippen LogP contribution in [-0.4, -0.2) is 25.2 Å². The van der Waals surface area contributed by atoms with Crippen molar-refractivity contribution in [2.45, 2.75) is 38.5 Å². The first-order valence-corrected chi connectivity index (χ1v) is 7.55. The monoisotopic (exact) mass is 271 g/mol. The van der Waals surface area contributed by atoms with Crippen LogP contribution < -0.4 is 4.90 Å². The Bertz CT molecular complexity index is 550. The minimum absolute atomic E-state index is 0.0874. The highest BCUT2D eigenvalue weighted by molar-refractivity contribution is 6.01. The summed E-state index contributed by atoms with van der Waals surface area (Å²) in [5.41, 5.74) is 3.30. The van der Waals surface area contributed by atoms with Gasteiger partial charge in [-0.1, -0.05) is 0 Å². The molecule has 1 atom stereocenters. The van der Waals surface area contributed by atoms with E-state index in [2.05, 4.69) is 18.0 Å². The number of hydrogen-bond acceptors (Lipinski definition) is 3. The zero-order chi connectivity index (χ0) is 14.1. The van der Waals surface area contributed by atoms with Crippen molar-refractivity contribution in [1.82, 2.24) is 0 Å². The van der Waals surface area contributed by atoms with Crippen LogP contribution in [0.3, 0.4) is 0 Å². The van der Waals surface area contributed by atoms with Crippen LogP contribution in [-0.2, 0) is 11.2 Å². The number of hydrogen-bond donors (Lipinski definition) is 0. The van der Waals surface area contributed by atoms with E-state index in [-0.39, 0.29) is 17.5 Å². The van der Waals surface area contributed by atoms with Crippen LogP contribution in [0.15, 0.2) is 18.2 Å². The lowest BCUT2D eigenvalue weighted by Crippen LogP contribution is -2.26. The fourth-order valence-corrected chi connectivity index (χ4v) is 3.42. The van der Waals surface area contributed by atoms with Gasteiger partial charge >= 0.3 is 0 Å². The summed E-state index contributed by atoms with van der Waals surface area (Å²) in [7, 11) is 2.10. The Labute approximate surface area is 120 Å². The van der Waals surface area contributed by atoms with Crippen molar-refractivity contribution in [1.29, 1.82) is 0 Å². The maximum absolute atomic E-state index is 12.5. The highest BCUT2D eigenvalue weighted by Gasteiger charge is 2.27. The second kappa shape index (κ2) is 5.39. The Balaban J connectivity index is 1.83. The fraction of sp³-hybridized carbons (Fsp3) is 0.529. The first-order chi connectivity index (χ1) is 9.65. The number of rotatable bonds is 2. The van der Waals surface area contributed by atoms with Crippen LogP contribution in [0.2, 0.25) is 0 Å². The molecule has 106 valence electrons. The van der Waals surface area contributed by atoms with Gasteiger partial charge in [-0.05, 0) is 49.4 Å². The predicted octanol–water partition coefficient (Wildman–Crippen LogP) is 3.01. The molecule has 1 aromatic carbocycles. The number of benzene rings is 1.